The van der Waals surface area contributed by atoms with Gasteiger partial charge >= 0.3 is 6.03 Å². The average Bonchev–Trinajstić information content (AvgIpc) is 2.44. The lowest BCUT2D eigenvalue weighted by Crippen LogP contribution is -2.34. The molecule has 0 unspecified atom stereocenters. The summed E-state index contributed by atoms with van der Waals surface area (Å²) in [7, 11) is 0. The smallest absolute Gasteiger partial charge is 0.307 e. The van der Waals surface area contributed by atoms with Crippen molar-refractivity contribution in [3.05, 3.63) is 58.6 Å². The van der Waals surface area contributed by atoms with Crippen molar-refractivity contribution in [1.82, 2.24) is 0 Å². The molecule has 2 aromatic carbocycles. The number of hydrogen-bond donors (Lipinski definition) is 1. The number of nitrogens with one attached hydrogen (secondary N) is 1. The molecule has 0 heterocycles. The van der Waals surface area contributed by atoms with Crippen LogP contribution in [0.1, 0.15) is 12.5 Å². The normalized spacial score (nSPS) is 10.2. The first kappa shape index (κ1) is 14.6. The fourth-order valence-electron chi connectivity index (χ4n) is 2.00. The number of hydrogen-bond acceptors (Lipinski definition) is 1. The maximum Gasteiger partial charge on any atom is 0.326 e. The second kappa shape index (κ2) is 6.57. The predicted octanol–water partition coefficient (Wildman–Crippen LogP) is 4.82. The maximum absolute atomic E-state index is 12.4. The Morgan fingerprint density at radius 2 is 1.90 bits per heavy atom. The van der Waals surface area contributed by atoms with Crippen LogP contribution in [0.3, 0.4) is 0 Å². The Hall–Kier alpha value is -1.81. The van der Waals surface area contributed by atoms with E-state index in [9.17, 15) is 4.79 Å². The van der Waals surface area contributed by atoms with Crippen molar-refractivity contribution in [2.45, 2.75) is 13.8 Å². The second-order valence-electron chi connectivity index (χ2n) is 4.47. The first-order valence-corrected chi connectivity index (χ1v) is 7.31. The summed E-state index contributed by atoms with van der Waals surface area (Å²) in [4.78, 5) is 14.1. The summed E-state index contributed by atoms with van der Waals surface area (Å²) in [6, 6.07) is 15.3. The van der Waals surface area contributed by atoms with Gasteiger partial charge in [-0.05, 0) is 49.7 Å². The molecule has 0 atom stereocenters. The number of nitrogens with zero attached hydrogens (tertiary/aromatic N) is 1. The van der Waals surface area contributed by atoms with Gasteiger partial charge in [0.05, 0.1) is 0 Å². The largest absolute Gasteiger partial charge is 0.326 e. The minimum Gasteiger partial charge on any atom is -0.307 e. The Morgan fingerprint density at radius 1 is 1.20 bits per heavy atom. The SMILES string of the molecule is CCN(C(=O)Nc1ccc(Br)cc1C)c1ccccc1. The van der Waals surface area contributed by atoms with Gasteiger partial charge in [0.1, 0.15) is 0 Å². The van der Waals surface area contributed by atoms with Crippen LogP contribution in [0.2, 0.25) is 0 Å². The third-order valence-corrected chi connectivity index (χ3v) is 3.55. The Balaban J connectivity index is 2.18. The Morgan fingerprint density at radius 3 is 2.50 bits per heavy atom. The van der Waals surface area contributed by atoms with E-state index in [0.717, 1.165) is 21.4 Å². The highest BCUT2D eigenvalue weighted by Gasteiger charge is 2.14. The van der Waals surface area contributed by atoms with Gasteiger partial charge in [-0.1, -0.05) is 34.1 Å². The van der Waals surface area contributed by atoms with Gasteiger partial charge < -0.3 is 5.32 Å². The van der Waals surface area contributed by atoms with Crippen LogP contribution >= 0.6 is 15.9 Å². The van der Waals surface area contributed by atoms with Crippen LogP contribution in [-0.4, -0.2) is 12.6 Å². The molecule has 104 valence electrons. The van der Waals surface area contributed by atoms with Crippen molar-refractivity contribution < 1.29 is 4.79 Å². The lowest BCUT2D eigenvalue weighted by atomic mass is 10.2. The van der Waals surface area contributed by atoms with Crippen LogP contribution < -0.4 is 10.2 Å². The highest BCUT2D eigenvalue weighted by Crippen LogP contribution is 2.21. The van der Waals surface area contributed by atoms with Crippen LogP contribution in [0, 0.1) is 6.92 Å². The lowest BCUT2D eigenvalue weighted by Gasteiger charge is -2.22. The number of aryl methyl sites for hydroxylation is 1. The van der Waals surface area contributed by atoms with E-state index in [2.05, 4.69) is 21.2 Å². The van der Waals surface area contributed by atoms with Crippen LogP contribution in [0.5, 0.6) is 0 Å². The molecular formula is C16H17BrN2O. The van der Waals surface area contributed by atoms with Gasteiger partial charge in [0.2, 0.25) is 0 Å². The van der Waals surface area contributed by atoms with E-state index in [-0.39, 0.29) is 6.03 Å². The summed E-state index contributed by atoms with van der Waals surface area (Å²) in [6.07, 6.45) is 0. The monoisotopic (exact) mass is 332 g/mol. The van der Waals surface area contributed by atoms with E-state index in [1.54, 1.807) is 4.90 Å². The van der Waals surface area contributed by atoms with Crippen molar-refractivity contribution in [2.75, 3.05) is 16.8 Å². The number of urea groups is 1. The van der Waals surface area contributed by atoms with Crippen molar-refractivity contribution in [1.29, 1.82) is 0 Å². The first-order valence-electron chi connectivity index (χ1n) is 6.51. The topological polar surface area (TPSA) is 32.3 Å². The first-order chi connectivity index (χ1) is 9.61. The second-order valence-corrected chi connectivity index (χ2v) is 5.38. The molecule has 0 radical (unpaired) electrons. The Bertz CT molecular complexity index is 599. The molecule has 0 aromatic heterocycles. The summed E-state index contributed by atoms with van der Waals surface area (Å²) < 4.78 is 1.00. The fourth-order valence-corrected chi connectivity index (χ4v) is 2.48. The number of amides is 2. The third-order valence-electron chi connectivity index (χ3n) is 3.06. The molecule has 2 amide bonds. The molecule has 0 saturated carbocycles. The van der Waals surface area contributed by atoms with Gasteiger partial charge in [0.25, 0.3) is 0 Å². The highest BCUT2D eigenvalue weighted by atomic mass is 79.9. The van der Waals surface area contributed by atoms with Crippen LogP contribution in [0.15, 0.2) is 53.0 Å². The molecule has 0 aliphatic carbocycles. The molecule has 0 aliphatic heterocycles. The fraction of sp³-hybridized carbons (Fsp3) is 0.188. The molecule has 0 fully saturated rings. The molecule has 0 spiro atoms. The number of benzene rings is 2. The minimum atomic E-state index is -0.121. The van der Waals surface area contributed by atoms with E-state index in [4.69, 9.17) is 0 Å². The zero-order chi connectivity index (χ0) is 14.5. The molecule has 2 aromatic rings. The van der Waals surface area contributed by atoms with Crippen LogP contribution in [-0.2, 0) is 0 Å². The average molecular weight is 333 g/mol. The van der Waals surface area contributed by atoms with Gasteiger partial charge in [-0.25, -0.2) is 4.79 Å². The van der Waals surface area contributed by atoms with Crippen LogP contribution in [0.25, 0.3) is 0 Å². The lowest BCUT2D eigenvalue weighted by molar-refractivity contribution is 0.257. The van der Waals surface area contributed by atoms with Crippen molar-refractivity contribution in [3.63, 3.8) is 0 Å². The summed E-state index contributed by atoms with van der Waals surface area (Å²) >= 11 is 3.42. The number of anilines is 2. The molecule has 4 heteroatoms. The van der Waals surface area contributed by atoms with Crippen LogP contribution in [0.4, 0.5) is 16.2 Å². The Kier molecular flexibility index (Phi) is 4.79. The van der Waals surface area contributed by atoms with Crippen molar-refractivity contribution >= 4 is 33.3 Å². The number of para-hydroxylation sites is 1. The van der Waals surface area contributed by atoms with E-state index in [1.807, 2.05) is 62.4 Å². The number of carbonyl (C=O) groups excluding carboxylic acids is 1. The van der Waals surface area contributed by atoms with Gasteiger partial charge in [-0.3, -0.25) is 4.90 Å². The van der Waals surface area contributed by atoms with Gasteiger partial charge in [-0.2, -0.15) is 0 Å². The van der Waals surface area contributed by atoms with Crippen molar-refractivity contribution in [2.24, 2.45) is 0 Å². The van der Waals surface area contributed by atoms with Gasteiger partial charge in [-0.15, -0.1) is 0 Å². The zero-order valence-corrected chi connectivity index (χ0v) is 13.1. The molecule has 0 saturated heterocycles. The van der Waals surface area contributed by atoms with E-state index in [1.165, 1.54) is 0 Å². The highest BCUT2D eigenvalue weighted by molar-refractivity contribution is 9.10. The summed E-state index contributed by atoms with van der Waals surface area (Å²) in [6.45, 7) is 4.55. The minimum absolute atomic E-state index is 0.121. The molecule has 1 N–H and O–H groups in total. The summed E-state index contributed by atoms with van der Waals surface area (Å²) in [5, 5.41) is 2.95. The van der Waals surface area contributed by atoms with Gasteiger partial charge in [0.15, 0.2) is 0 Å². The summed E-state index contributed by atoms with van der Waals surface area (Å²) in [5.74, 6) is 0. The molecule has 2 rings (SSSR count). The standard InChI is InChI=1S/C16H17BrN2O/c1-3-19(14-7-5-4-6-8-14)16(20)18-15-10-9-13(17)11-12(15)2/h4-11H,3H2,1-2H3,(H,18,20). The quantitative estimate of drug-likeness (QED) is 0.858. The van der Waals surface area contributed by atoms with E-state index >= 15 is 0 Å². The van der Waals surface area contributed by atoms with Gasteiger partial charge in [0, 0.05) is 22.4 Å². The predicted molar refractivity (Wildman–Crippen MR) is 87.4 cm³/mol. The maximum atomic E-state index is 12.4. The van der Waals surface area contributed by atoms with Crippen molar-refractivity contribution in [3.8, 4) is 0 Å². The van der Waals surface area contributed by atoms with E-state index < -0.39 is 0 Å². The molecule has 20 heavy (non-hydrogen) atoms. The summed E-state index contributed by atoms with van der Waals surface area (Å²) in [5.41, 5.74) is 2.74. The molecule has 0 bridgehead atoms. The zero-order valence-electron chi connectivity index (χ0n) is 11.6. The molecular weight excluding hydrogens is 316 g/mol. The third kappa shape index (κ3) is 3.39. The molecule has 3 nitrogen and oxygen atoms in total. The number of halogens is 1. The number of rotatable bonds is 3. The Labute approximate surface area is 127 Å². The van der Waals surface area contributed by atoms with E-state index in [0.29, 0.717) is 6.54 Å². The number of carbonyl (C=O) groups is 1. The molecule has 0 aliphatic rings.